The molecular formula is C12H20N2O2S. The zero-order chi connectivity index (χ0) is 12.8. The van der Waals surface area contributed by atoms with Gasteiger partial charge in [-0.3, -0.25) is 0 Å². The van der Waals surface area contributed by atoms with E-state index in [0.717, 1.165) is 18.0 Å². The topological polar surface area (TPSA) is 51.2 Å². The molecule has 0 bridgehead atoms. The van der Waals surface area contributed by atoms with E-state index >= 15 is 0 Å². The third kappa shape index (κ3) is 3.70. The fourth-order valence-electron chi connectivity index (χ4n) is 1.84. The number of carbonyl (C=O) groups is 1. The Labute approximate surface area is 106 Å². The van der Waals surface area contributed by atoms with Crippen molar-refractivity contribution in [3.8, 4) is 0 Å². The van der Waals surface area contributed by atoms with E-state index in [4.69, 9.17) is 0 Å². The Balaban J connectivity index is 2.62. The molecule has 0 fully saturated rings. The highest BCUT2D eigenvalue weighted by atomic mass is 32.1. The van der Waals surface area contributed by atoms with Crippen molar-refractivity contribution in [3.05, 3.63) is 11.1 Å². The normalized spacial score (nSPS) is 12.5. The molecule has 0 saturated carbocycles. The molecule has 0 spiro atoms. The molecule has 0 aliphatic carbocycles. The van der Waals surface area contributed by atoms with Gasteiger partial charge in [0.05, 0.1) is 13.3 Å². The SMILES string of the molecule is CCC(CC)C(C)Nc1ncc(C(=O)OC)s1. The van der Waals surface area contributed by atoms with Crippen LogP contribution in [0.4, 0.5) is 5.13 Å². The largest absolute Gasteiger partial charge is 0.465 e. The van der Waals surface area contributed by atoms with Crippen LogP contribution in [0.2, 0.25) is 0 Å². The number of methoxy groups -OCH3 is 1. The fourth-order valence-corrected chi connectivity index (χ4v) is 2.67. The van der Waals surface area contributed by atoms with Crippen LogP contribution in [0.25, 0.3) is 0 Å². The van der Waals surface area contributed by atoms with Gasteiger partial charge in [-0.05, 0) is 12.8 Å². The summed E-state index contributed by atoms with van der Waals surface area (Å²) >= 11 is 1.34. The molecule has 1 rings (SSSR count). The maximum atomic E-state index is 11.3. The maximum Gasteiger partial charge on any atom is 0.349 e. The number of hydrogen-bond donors (Lipinski definition) is 1. The van der Waals surface area contributed by atoms with Crippen LogP contribution >= 0.6 is 11.3 Å². The third-order valence-electron chi connectivity index (χ3n) is 3.00. The predicted molar refractivity (Wildman–Crippen MR) is 70.6 cm³/mol. The smallest absolute Gasteiger partial charge is 0.349 e. The summed E-state index contributed by atoms with van der Waals surface area (Å²) in [6, 6.07) is 0.363. The van der Waals surface area contributed by atoms with Gasteiger partial charge < -0.3 is 10.1 Å². The van der Waals surface area contributed by atoms with Crippen LogP contribution in [0.5, 0.6) is 0 Å². The van der Waals surface area contributed by atoms with E-state index in [1.807, 2.05) is 0 Å². The highest BCUT2D eigenvalue weighted by Gasteiger charge is 2.16. The minimum absolute atomic E-state index is 0.328. The molecule has 1 atom stereocenters. The number of hydrogen-bond acceptors (Lipinski definition) is 5. The monoisotopic (exact) mass is 256 g/mol. The molecule has 1 aromatic rings. The van der Waals surface area contributed by atoms with Gasteiger partial charge in [0.1, 0.15) is 4.88 Å². The van der Waals surface area contributed by atoms with Crippen molar-refractivity contribution in [2.24, 2.45) is 5.92 Å². The van der Waals surface area contributed by atoms with Crippen LogP contribution in [0.15, 0.2) is 6.20 Å². The third-order valence-corrected chi connectivity index (χ3v) is 3.91. The van der Waals surface area contributed by atoms with Gasteiger partial charge in [0.2, 0.25) is 0 Å². The maximum absolute atomic E-state index is 11.3. The molecule has 5 heteroatoms. The second-order valence-corrected chi connectivity index (χ2v) is 5.06. The fraction of sp³-hybridized carbons (Fsp3) is 0.667. The summed E-state index contributed by atoms with van der Waals surface area (Å²) in [5, 5.41) is 4.13. The first-order chi connectivity index (χ1) is 8.12. The molecule has 96 valence electrons. The van der Waals surface area contributed by atoms with E-state index in [0.29, 0.717) is 16.8 Å². The molecule has 4 nitrogen and oxygen atoms in total. The quantitative estimate of drug-likeness (QED) is 0.794. The molecule has 1 aromatic heterocycles. The Hall–Kier alpha value is -1.10. The first-order valence-corrected chi connectivity index (χ1v) is 6.74. The number of esters is 1. The zero-order valence-corrected chi connectivity index (χ0v) is 11.6. The summed E-state index contributed by atoms with van der Waals surface area (Å²) in [5.41, 5.74) is 0. The van der Waals surface area contributed by atoms with Crippen molar-refractivity contribution in [2.45, 2.75) is 39.7 Å². The lowest BCUT2D eigenvalue weighted by Crippen LogP contribution is -2.24. The summed E-state index contributed by atoms with van der Waals surface area (Å²) in [6.45, 7) is 6.53. The van der Waals surface area contributed by atoms with Gasteiger partial charge in [-0.25, -0.2) is 9.78 Å². The highest BCUT2D eigenvalue weighted by molar-refractivity contribution is 7.17. The number of aromatic nitrogens is 1. The molecule has 0 aliphatic heterocycles. The number of carbonyl (C=O) groups excluding carboxylic acids is 1. The molecule has 1 unspecified atom stereocenters. The van der Waals surface area contributed by atoms with Gasteiger partial charge in [0, 0.05) is 6.04 Å². The number of anilines is 1. The van der Waals surface area contributed by atoms with E-state index in [1.54, 1.807) is 6.20 Å². The van der Waals surface area contributed by atoms with Crippen molar-refractivity contribution in [1.82, 2.24) is 4.98 Å². The van der Waals surface area contributed by atoms with Gasteiger partial charge in [-0.2, -0.15) is 0 Å². The lowest BCUT2D eigenvalue weighted by atomic mass is 9.96. The highest BCUT2D eigenvalue weighted by Crippen LogP contribution is 2.22. The Kier molecular flexibility index (Phi) is 5.41. The van der Waals surface area contributed by atoms with E-state index in [2.05, 4.69) is 35.8 Å². The number of nitrogens with zero attached hydrogens (tertiary/aromatic N) is 1. The van der Waals surface area contributed by atoms with Crippen molar-refractivity contribution < 1.29 is 9.53 Å². The molecule has 1 N–H and O–H groups in total. The molecule has 0 amide bonds. The van der Waals surface area contributed by atoms with E-state index in [-0.39, 0.29) is 5.97 Å². The molecule has 17 heavy (non-hydrogen) atoms. The van der Waals surface area contributed by atoms with Gasteiger partial charge in [-0.1, -0.05) is 38.0 Å². The average molecular weight is 256 g/mol. The first-order valence-electron chi connectivity index (χ1n) is 5.93. The van der Waals surface area contributed by atoms with Crippen LogP contribution in [0, 0.1) is 5.92 Å². The van der Waals surface area contributed by atoms with Gasteiger partial charge in [0.15, 0.2) is 5.13 Å². The number of nitrogens with one attached hydrogen (secondary N) is 1. The van der Waals surface area contributed by atoms with Gasteiger partial charge in [0.25, 0.3) is 0 Å². The van der Waals surface area contributed by atoms with Crippen molar-refractivity contribution in [1.29, 1.82) is 0 Å². The summed E-state index contributed by atoms with van der Waals surface area (Å²) in [5.74, 6) is 0.297. The minimum Gasteiger partial charge on any atom is -0.465 e. The molecule has 1 heterocycles. The summed E-state index contributed by atoms with van der Waals surface area (Å²) in [7, 11) is 1.38. The molecule has 0 radical (unpaired) electrons. The van der Waals surface area contributed by atoms with Gasteiger partial charge in [-0.15, -0.1) is 0 Å². The average Bonchev–Trinajstić information content (AvgIpc) is 2.78. The van der Waals surface area contributed by atoms with Crippen molar-refractivity contribution >= 4 is 22.4 Å². The standard InChI is InChI=1S/C12H20N2O2S/c1-5-9(6-2)8(3)14-12-13-7-10(17-12)11(15)16-4/h7-9H,5-6H2,1-4H3,(H,13,14). The summed E-state index contributed by atoms with van der Waals surface area (Å²) in [6.07, 6.45) is 3.83. The van der Waals surface area contributed by atoms with Crippen LogP contribution in [0.1, 0.15) is 43.3 Å². The Bertz CT molecular complexity index is 361. The second-order valence-electron chi connectivity index (χ2n) is 4.03. The second kappa shape index (κ2) is 6.59. The van der Waals surface area contributed by atoms with E-state index < -0.39 is 0 Å². The number of thiazole rings is 1. The first kappa shape index (κ1) is 14.0. The predicted octanol–water partition coefficient (Wildman–Crippen LogP) is 3.17. The van der Waals surface area contributed by atoms with Crippen LogP contribution in [-0.4, -0.2) is 24.1 Å². The van der Waals surface area contributed by atoms with Crippen LogP contribution < -0.4 is 5.32 Å². The van der Waals surface area contributed by atoms with Crippen molar-refractivity contribution in [2.75, 3.05) is 12.4 Å². The zero-order valence-electron chi connectivity index (χ0n) is 10.8. The summed E-state index contributed by atoms with van der Waals surface area (Å²) in [4.78, 5) is 16.0. The molecule has 0 saturated heterocycles. The molecule has 0 aromatic carbocycles. The van der Waals surface area contributed by atoms with Crippen LogP contribution in [-0.2, 0) is 4.74 Å². The Morgan fingerprint density at radius 1 is 1.53 bits per heavy atom. The lowest BCUT2D eigenvalue weighted by Gasteiger charge is -2.21. The minimum atomic E-state index is -0.328. The number of ether oxygens (including phenoxy) is 1. The van der Waals surface area contributed by atoms with Gasteiger partial charge >= 0.3 is 5.97 Å². The summed E-state index contributed by atoms with van der Waals surface area (Å²) < 4.78 is 4.65. The Morgan fingerprint density at radius 3 is 2.71 bits per heavy atom. The van der Waals surface area contributed by atoms with E-state index in [9.17, 15) is 4.79 Å². The van der Waals surface area contributed by atoms with Crippen LogP contribution in [0.3, 0.4) is 0 Å². The van der Waals surface area contributed by atoms with Crippen molar-refractivity contribution in [3.63, 3.8) is 0 Å². The van der Waals surface area contributed by atoms with E-state index in [1.165, 1.54) is 18.4 Å². The lowest BCUT2D eigenvalue weighted by molar-refractivity contribution is 0.0606. The molecule has 0 aliphatic rings. The molecular weight excluding hydrogens is 236 g/mol. The number of rotatable bonds is 6. The Morgan fingerprint density at radius 2 is 2.18 bits per heavy atom.